The van der Waals surface area contributed by atoms with Crippen molar-refractivity contribution < 1.29 is 27.1 Å². The Kier molecular flexibility index (Phi) is 4.67. The quantitative estimate of drug-likeness (QED) is 0.651. The summed E-state index contributed by atoms with van der Waals surface area (Å²) in [7, 11) is 0. The van der Waals surface area contributed by atoms with Crippen LogP contribution in [0.3, 0.4) is 0 Å². The van der Waals surface area contributed by atoms with Gasteiger partial charge < -0.3 is 15.7 Å². The maximum absolute atomic E-state index is 14.4. The smallest absolute Gasteiger partial charge is 0.252 e. The summed E-state index contributed by atoms with van der Waals surface area (Å²) in [6.45, 7) is 0. The van der Waals surface area contributed by atoms with Crippen molar-refractivity contribution in [3.05, 3.63) is 11.7 Å². The summed E-state index contributed by atoms with van der Waals surface area (Å²) in [5, 5.41) is 15.3. The molecule has 1 aromatic heterocycles. The van der Waals surface area contributed by atoms with E-state index in [4.69, 9.17) is 0 Å². The Morgan fingerprint density at radius 3 is 1.82 bits per heavy atom. The number of hydrogen-bond acceptors (Lipinski definition) is 6. The van der Waals surface area contributed by atoms with Crippen LogP contribution in [0.4, 0.5) is 33.8 Å². The van der Waals surface area contributed by atoms with Crippen molar-refractivity contribution in [1.29, 1.82) is 0 Å². The summed E-state index contributed by atoms with van der Waals surface area (Å²) in [5.74, 6) is -6.31. The third-order valence-electron chi connectivity index (χ3n) is 5.24. The van der Waals surface area contributed by atoms with Crippen LogP contribution in [0.1, 0.15) is 50.8 Å². The van der Waals surface area contributed by atoms with Crippen molar-refractivity contribution in [2.75, 3.05) is 10.6 Å². The number of aliphatic hydroxyl groups is 1. The molecule has 28 heavy (non-hydrogen) atoms. The first kappa shape index (κ1) is 19.3. The van der Waals surface area contributed by atoms with Crippen molar-refractivity contribution in [1.82, 2.24) is 15.0 Å². The molecule has 3 N–H and O–H groups in total. The number of nitrogens with one attached hydrogen (secondary N) is 2. The molecule has 0 unspecified atom stereocenters. The highest BCUT2D eigenvalue weighted by atomic mass is 19.3. The van der Waals surface area contributed by atoms with Gasteiger partial charge in [0.05, 0.1) is 0 Å². The first-order chi connectivity index (χ1) is 13.1. The molecular weight excluding hydrogens is 385 g/mol. The Hall–Kier alpha value is -2.04. The lowest BCUT2D eigenvalue weighted by Gasteiger charge is -2.36. The van der Waals surface area contributed by atoms with Gasteiger partial charge in [-0.2, -0.15) is 15.0 Å². The SMILES string of the molecule is O[C@H]1CCCC(c2nc(NC3CC(F)(F)C3)nc(NC3CC(F)(F)C3)n2)=C1F. The molecule has 1 heterocycles. The number of aliphatic hydroxyl groups excluding tert-OH is 1. The zero-order valence-corrected chi connectivity index (χ0v) is 14.9. The molecule has 154 valence electrons. The van der Waals surface area contributed by atoms with E-state index in [1.165, 1.54) is 0 Å². The Bertz CT molecular complexity index is 742. The van der Waals surface area contributed by atoms with Crippen LogP contribution in [0, 0.1) is 0 Å². The molecule has 1 atom stereocenters. The molecule has 0 spiro atoms. The van der Waals surface area contributed by atoms with E-state index < -0.39 is 35.9 Å². The molecule has 2 fully saturated rings. The number of halogens is 5. The monoisotopic (exact) mass is 405 g/mol. The summed E-state index contributed by atoms with van der Waals surface area (Å²) in [4.78, 5) is 12.3. The van der Waals surface area contributed by atoms with E-state index in [2.05, 4.69) is 25.6 Å². The maximum Gasteiger partial charge on any atom is 0.252 e. The average Bonchev–Trinajstić information content (AvgIpc) is 2.54. The molecule has 0 aromatic carbocycles. The summed E-state index contributed by atoms with van der Waals surface area (Å²) in [6, 6.07) is -1.08. The van der Waals surface area contributed by atoms with Crippen LogP contribution in [0.25, 0.3) is 5.57 Å². The first-order valence-electron chi connectivity index (χ1n) is 9.22. The van der Waals surface area contributed by atoms with Gasteiger partial charge in [-0.15, -0.1) is 0 Å². The molecule has 0 saturated heterocycles. The summed E-state index contributed by atoms with van der Waals surface area (Å²) >= 11 is 0. The van der Waals surface area contributed by atoms with Crippen molar-refractivity contribution in [2.24, 2.45) is 0 Å². The van der Waals surface area contributed by atoms with Crippen LogP contribution < -0.4 is 10.6 Å². The Morgan fingerprint density at radius 1 is 0.857 bits per heavy atom. The summed E-state index contributed by atoms with van der Waals surface area (Å²) < 4.78 is 66.6. The lowest BCUT2D eigenvalue weighted by Crippen LogP contribution is -2.45. The second kappa shape index (κ2) is 6.78. The Balaban J connectivity index is 1.58. The molecule has 0 radical (unpaired) electrons. The zero-order valence-electron chi connectivity index (χ0n) is 14.9. The van der Waals surface area contributed by atoms with Crippen molar-refractivity contribution in [2.45, 2.75) is 75.0 Å². The molecular formula is C17H20F5N5O. The van der Waals surface area contributed by atoms with E-state index in [1.807, 2.05) is 0 Å². The van der Waals surface area contributed by atoms with Crippen molar-refractivity contribution >= 4 is 17.5 Å². The lowest BCUT2D eigenvalue weighted by atomic mass is 9.88. The van der Waals surface area contributed by atoms with E-state index >= 15 is 0 Å². The number of anilines is 2. The molecule has 6 nitrogen and oxygen atoms in total. The van der Waals surface area contributed by atoms with Crippen LogP contribution in [0.5, 0.6) is 0 Å². The van der Waals surface area contributed by atoms with Gasteiger partial charge in [0, 0.05) is 43.3 Å². The topological polar surface area (TPSA) is 83.0 Å². The zero-order chi connectivity index (χ0) is 20.1. The molecule has 0 aliphatic heterocycles. The molecule has 4 rings (SSSR count). The molecule has 3 aliphatic rings. The number of aromatic nitrogens is 3. The van der Waals surface area contributed by atoms with Crippen LogP contribution in [0.2, 0.25) is 0 Å². The number of alkyl halides is 4. The van der Waals surface area contributed by atoms with Gasteiger partial charge in [-0.05, 0) is 19.3 Å². The van der Waals surface area contributed by atoms with Crippen LogP contribution in [0.15, 0.2) is 5.83 Å². The number of hydrogen-bond donors (Lipinski definition) is 3. The van der Waals surface area contributed by atoms with Crippen LogP contribution in [-0.4, -0.2) is 50.1 Å². The molecule has 1 aromatic rings. The second-order valence-electron chi connectivity index (χ2n) is 7.75. The van der Waals surface area contributed by atoms with E-state index in [-0.39, 0.29) is 55.4 Å². The third kappa shape index (κ3) is 4.03. The van der Waals surface area contributed by atoms with Gasteiger partial charge in [-0.1, -0.05) is 0 Å². The van der Waals surface area contributed by atoms with Gasteiger partial charge in [0.15, 0.2) is 5.82 Å². The Morgan fingerprint density at radius 2 is 1.36 bits per heavy atom. The number of allylic oxidation sites excluding steroid dienone is 1. The molecule has 2 saturated carbocycles. The molecule has 11 heteroatoms. The molecule has 3 aliphatic carbocycles. The van der Waals surface area contributed by atoms with Crippen molar-refractivity contribution in [3.63, 3.8) is 0 Å². The van der Waals surface area contributed by atoms with Gasteiger partial charge in [-0.25, -0.2) is 22.0 Å². The largest absolute Gasteiger partial charge is 0.386 e. The van der Waals surface area contributed by atoms with Gasteiger partial charge in [0.2, 0.25) is 11.9 Å². The number of rotatable bonds is 5. The second-order valence-corrected chi connectivity index (χ2v) is 7.75. The van der Waals surface area contributed by atoms with Gasteiger partial charge in [0.1, 0.15) is 11.9 Å². The predicted molar refractivity (Wildman–Crippen MR) is 90.9 cm³/mol. The minimum absolute atomic E-state index is 0.0283. The molecule has 0 bridgehead atoms. The summed E-state index contributed by atoms with van der Waals surface area (Å²) in [6.07, 6.45) is -1.63. The highest BCUT2D eigenvalue weighted by Gasteiger charge is 2.46. The third-order valence-corrected chi connectivity index (χ3v) is 5.24. The highest BCUT2D eigenvalue weighted by Crippen LogP contribution is 2.40. The maximum atomic E-state index is 14.4. The van der Waals surface area contributed by atoms with Crippen molar-refractivity contribution in [3.8, 4) is 0 Å². The minimum Gasteiger partial charge on any atom is -0.386 e. The fourth-order valence-corrected chi connectivity index (χ4v) is 3.67. The standard InChI is InChI=1S/C17H20F5N5O/c18-12-10(2-1-3-11(12)28)13-25-14(23-8-4-16(19,20)5-8)27-15(26-13)24-9-6-17(21,22)7-9/h8-9,11,28H,1-7H2,(H2,23,24,25,26,27)/t11-/m0/s1. The summed E-state index contributed by atoms with van der Waals surface area (Å²) in [5.41, 5.74) is 0.116. The van der Waals surface area contributed by atoms with Gasteiger partial charge >= 0.3 is 0 Å². The predicted octanol–water partition coefficient (Wildman–Crippen LogP) is 3.52. The fraction of sp³-hybridized carbons (Fsp3) is 0.706. The van der Waals surface area contributed by atoms with E-state index in [9.17, 15) is 27.1 Å². The fourth-order valence-electron chi connectivity index (χ4n) is 3.67. The van der Waals surface area contributed by atoms with Gasteiger partial charge in [-0.3, -0.25) is 0 Å². The van der Waals surface area contributed by atoms with E-state index in [0.717, 1.165) is 0 Å². The molecule has 0 amide bonds. The lowest BCUT2D eigenvalue weighted by molar-refractivity contribution is -0.0799. The average molecular weight is 405 g/mol. The van der Waals surface area contributed by atoms with Gasteiger partial charge in [0.25, 0.3) is 11.8 Å². The van der Waals surface area contributed by atoms with Crippen LogP contribution >= 0.6 is 0 Å². The van der Waals surface area contributed by atoms with E-state index in [1.54, 1.807) is 0 Å². The normalized spacial score (nSPS) is 27.1. The number of nitrogens with zero attached hydrogens (tertiary/aromatic N) is 3. The van der Waals surface area contributed by atoms with Crippen LogP contribution in [-0.2, 0) is 0 Å². The van der Waals surface area contributed by atoms with E-state index in [0.29, 0.717) is 12.8 Å². The first-order valence-corrected chi connectivity index (χ1v) is 9.22. The Labute approximate surface area is 157 Å². The highest BCUT2D eigenvalue weighted by molar-refractivity contribution is 5.65. The minimum atomic E-state index is -2.74.